The Morgan fingerprint density at radius 1 is 1.67 bits per heavy atom. The molecule has 0 aromatic rings. The third-order valence-electron chi connectivity index (χ3n) is 1.37. The van der Waals surface area contributed by atoms with Crippen LogP contribution in [0.4, 0.5) is 0 Å². The van der Waals surface area contributed by atoms with Crippen LogP contribution in [0.3, 0.4) is 0 Å². The van der Waals surface area contributed by atoms with Gasteiger partial charge in [-0.2, -0.15) is 0 Å². The maximum Gasteiger partial charge on any atom is 0.0653 e. The summed E-state index contributed by atoms with van der Waals surface area (Å²) in [5.74, 6) is 0. The summed E-state index contributed by atoms with van der Waals surface area (Å²) in [7, 11) is 0. The van der Waals surface area contributed by atoms with Gasteiger partial charge < -0.3 is 5.11 Å². The summed E-state index contributed by atoms with van der Waals surface area (Å²) < 4.78 is 0. The first-order chi connectivity index (χ1) is 4.12. The lowest BCUT2D eigenvalue weighted by Gasteiger charge is -2.19. The van der Waals surface area contributed by atoms with Crippen molar-refractivity contribution in [1.82, 2.24) is 0 Å². The second-order valence-corrected chi connectivity index (χ2v) is 2.74. The Morgan fingerprint density at radius 3 is 2.56 bits per heavy atom. The number of rotatable bonds is 4. The van der Waals surface area contributed by atoms with E-state index in [0.29, 0.717) is 6.42 Å². The van der Waals surface area contributed by atoms with Crippen molar-refractivity contribution >= 4 is 0 Å². The van der Waals surface area contributed by atoms with Crippen LogP contribution >= 0.6 is 0 Å². The van der Waals surface area contributed by atoms with E-state index >= 15 is 0 Å². The summed E-state index contributed by atoms with van der Waals surface area (Å²) in [6, 6.07) is 0. The van der Waals surface area contributed by atoms with Crippen LogP contribution in [0.2, 0.25) is 0 Å². The summed E-state index contributed by atoms with van der Waals surface area (Å²) in [4.78, 5) is 0. The number of hydrogen-bond donors (Lipinski definition) is 1. The Hall–Kier alpha value is -0.300. The Bertz CT molecular complexity index is 84.6. The first kappa shape index (κ1) is 8.70. The van der Waals surface area contributed by atoms with Gasteiger partial charge in [-0.1, -0.05) is 19.4 Å². The Labute approximate surface area is 57.4 Å². The minimum atomic E-state index is -0.517. The molecule has 9 heavy (non-hydrogen) atoms. The van der Waals surface area contributed by atoms with Crippen LogP contribution in [0.5, 0.6) is 0 Å². The van der Waals surface area contributed by atoms with Gasteiger partial charge in [-0.15, -0.1) is 6.58 Å². The average molecular weight is 128 g/mol. The van der Waals surface area contributed by atoms with Crippen molar-refractivity contribution in [3.05, 3.63) is 12.7 Å². The average Bonchev–Trinajstić information content (AvgIpc) is 1.64. The highest BCUT2D eigenvalue weighted by Crippen LogP contribution is 2.15. The largest absolute Gasteiger partial charge is 0.390 e. The predicted molar refractivity (Wildman–Crippen MR) is 40.3 cm³/mol. The molecule has 0 unspecified atom stereocenters. The Balaban J connectivity index is 3.55. The van der Waals surface area contributed by atoms with Crippen molar-refractivity contribution in [3.8, 4) is 0 Å². The van der Waals surface area contributed by atoms with E-state index in [1.54, 1.807) is 6.08 Å². The molecular formula is C8H16O. The molecule has 0 radical (unpaired) electrons. The molecule has 0 aromatic heterocycles. The van der Waals surface area contributed by atoms with E-state index in [9.17, 15) is 5.11 Å². The highest BCUT2D eigenvalue weighted by Gasteiger charge is 2.15. The van der Waals surface area contributed by atoms with Crippen molar-refractivity contribution in [2.45, 2.75) is 38.7 Å². The van der Waals surface area contributed by atoms with Crippen molar-refractivity contribution in [2.24, 2.45) is 0 Å². The van der Waals surface area contributed by atoms with Crippen LogP contribution in [0, 0.1) is 0 Å². The molecular weight excluding hydrogens is 112 g/mol. The topological polar surface area (TPSA) is 20.2 Å². The SMILES string of the molecule is C=CC[C@@](C)(O)CCC. The zero-order valence-corrected chi connectivity index (χ0v) is 6.35. The normalized spacial score (nSPS) is 16.8. The van der Waals surface area contributed by atoms with Crippen molar-refractivity contribution in [3.63, 3.8) is 0 Å². The molecule has 0 bridgehead atoms. The molecule has 0 fully saturated rings. The molecule has 54 valence electrons. The molecule has 1 heteroatoms. The molecule has 0 aliphatic carbocycles. The predicted octanol–water partition coefficient (Wildman–Crippen LogP) is 2.11. The van der Waals surface area contributed by atoms with E-state index in [2.05, 4.69) is 13.5 Å². The second-order valence-electron chi connectivity index (χ2n) is 2.74. The zero-order chi connectivity index (χ0) is 7.33. The number of hydrogen-bond acceptors (Lipinski definition) is 1. The molecule has 1 atom stereocenters. The zero-order valence-electron chi connectivity index (χ0n) is 6.35. The van der Waals surface area contributed by atoms with Gasteiger partial charge in [-0.3, -0.25) is 0 Å². The van der Waals surface area contributed by atoms with Crippen molar-refractivity contribution < 1.29 is 5.11 Å². The van der Waals surface area contributed by atoms with Gasteiger partial charge >= 0.3 is 0 Å². The van der Waals surface area contributed by atoms with Crippen molar-refractivity contribution in [1.29, 1.82) is 0 Å². The monoisotopic (exact) mass is 128 g/mol. The standard InChI is InChI=1S/C8H16O/c1-4-6-8(3,9)7-5-2/h4,9H,1,5-7H2,2-3H3/t8-/m1/s1. The molecule has 1 N–H and O–H groups in total. The quantitative estimate of drug-likeness (QED) is 0.575. The highest BCUT2D eigenvalue weighted by atomic mass is 16.3. The van der Waals surface area contributed by atoms with E-state index < -0.39 is 5.60 Å². The summed E-state index contributed by atoms with van der Waals surface area (Å²) in [5.41, 5.74) is -0.517. The summed E-state index contributed by atoms with van der Waals surface area (Å²) in [6.45, 7) is 7.48. The molecule has 0 saturated heterocycles. The van der Waals surface area contributed by atoms with Gasteiger partial charge in [0.1, 0.15) is 0 Å². The summed E-state index contributed by atoms with van der Waals surface area (Å²) >= 11 is 0. The van der Waals surface area contributed by atoms with Crippen LogP contribution in [0.1, 0.15) is 33.1 Å². The minimum absolute atomic E-state index is 0.517. The first-order valence-corrected chi connectivity index (χ1v) is 3.45. The molecule has 0 aliphatic heterocycles. The van der Waals surface area contributed by atoms with Gasteiger partial charge in [0, 0.05) is 0 Å². The van der Waals surface area contributed by atoms with Gasteiger partial charge in [0.2, 0.25) is 0 Å². The fourth-order valence-electron chi connectivity index (χ4n) is 0.952. The van der Waals surface area contributed by atoms with E-state index in [1.165, 1.54) is 0 Å². The fourth-order valence-corrected chi connectivity index (χ4v) is 0.952. The van der Waals surface area contributed by atoms with Gasteiger partial charge in [0.05, 0.1) is 5.60 Å². The molecule has 0 aliphatic rings. The molecule has 0 heterocycles. The van der Waals surface area contributed by atoms with Gasteiger partial charge in [-0.05, 0) is 19.8 Å². The fraction of sp³-hybridized carbons (Fsp3) is 0.750. The molecule has 0 rings (SSSR count). The van der Waals surface area contributed by atoms with Crippen molar-refractivity contribution in [2.75, 3.05) is 0 Å². The van der Waals surface area contributed by atoms with Gasteiger partial charge in [0.15, 0.2) is 0 Å². The Kier molecular flexibility index (Phi) is 3.55. The maximum absolute atomic E-state index is 9.44. The van der Waals surface area contributed by atoms with Gasteiger partial charge in [0.25, 0.3) is 0 Å². The van der Waals surface area contributed by atoms with E-state index in [0.717, 1.165) is 12.8 Å². The number of aliphatic hydroxyl groups is 1. The molecule has 0 spiro atoms. The third-order valence-corrected chi connectivity index (χ3v) is 1.37. The maximum atomic E-state index is 9.44. The molecule has 0 amide bonds. The summed E-state index contributed by atoms with van der Waals surface area (Å²) in [6.07, 6.45) is 4.34. The third kappa shape index (κ3) is 4.22. The van der Waals surface area contributed by atoms with E-state index in [1.807, 2.05) is 6.92 Å². The summed E-state index contributed by atoms with van der Waals surface area (Å²) in [5, 5.41) is 9.44. The molecule has 0 aromatic carbocycles. The van der Waals surface area contributed by atoms with Crippen LogP contribution in [-0.2, 0) is 0 Å². The van der Waals surface area contributed by atoms with E-state index in [4.69, 9.17) is 0 Å². The smallest absolute Gasteiger partial charge is 0.0653 e. The van der Waals surface area contributed by atoms with Crippen LogP contribution in [0.25, 0.3) is 0 Å². The first-order valence-electron chi connectivity index (χ1n) is 3.45. The highest BCUT2D eigenvalue weighted by molar-refractivity contribution is 4.81. The second kappa shape index (κ2) is 3.67. The van der Waals surface area contributed by atoms with Crippen LogP contribution < -0.4 is 0 Å². The van der Waals surface area contributed by atoms with E-state index in [-0.39, 0.29) is 0 Å². The van der Waals surface area contributed by atoms with Crippen LogP contribution in [0.15, 0.2) is 12.7 Å². The molecule has 0 saturated carbocycles. The van der Waals surface area contributed by atoms with Crippen LogP contribution in [-0.4, -0.2) is 10.7 Å². The Morgan fingerprint density at radius 2 is 2.22 bits per heavy atom. The lowest BCUT2D eigenvalue weighted by Crippen LogP contribution is -2.22. The lowest BCUT2D eigenvalue weighted by atomic mass is 9.97. The molecule has 1 nitrogen and oxygen atoms in total. The minimum Gasteiger partial charge on any atom is -0.390 e. The van der Waals surface area contributed by atoms with Gasteiger partial charge in [-0.25, -0.2) is 0 Å². The lowest BCUT2D eigenvalue weighted by molar-refractivity contribution is 0.0534.